The van der Waals surface area contributed by atoms with E-state index in [-0.39, 0.29) is 17.2 Å². The summed E-state index contributed by atoms with van der Waals surface area (Å²) in [7, 11) is 0. The third kappa shape index (κ3) is 19.2. The van der Waals surface area contributed by atoms with Crippen LogP contribution in [0.2, 0.25) is 0 Å². The second kappa shape index (κ2) is 40.4. The second-order valence-electron chi connectivity index (χ2n) is 31.6. The van der Waals surface area contributed by atoms with Gasteiger partial charge in [0.2, 0.25) is 18.9 Å². The lowest BCUT2D eigenvalue weighted by Gasteiger charge is -2.45. The van der Waals surface area contributed by atoms with Crippen LogP contribution in [0.3, 0.4) is 0 Å². The molecule has 0 aliphatic carbocycles. The number of aliphatic hydroxyl groups is 21. The van der Waals surface area contributed by atoms with Crippen molar-refractivity contribution in [2.45, 2.75) is 255 Å². The van der Waals surface area contributed by atoms with E-state index >= 15 is 0 Å². The fourth-order valence-corrected chi connectivity index (χ4v) is 16.5. The minimum atomic E-state index is -1.89. The molecule has 37 nitrogen and oxygen atoms in total. The molecule has 6 saturated heterocycles. The molecule has 0 unspecified atom stereocenters. The van der Waals surface area contributed by atoms with Gasteiger partial charge in [-0.05, 0) is 114 Å². The number of H-pyrrole nitrogens is 2. The number of rotatable bonds is 31. The van der Waals surface area contributed by atoms with Crippen LogP contribution in [0.15, 0.2) is 97.1 Å². The van der Waals surface area contributed by atoms with Crippen LogP contribution < -0.4 is 14.2 Å². The van der Waals surface area contributed by atoms with Gasteiger partial charge in [0.1, 0.15) is 164 Å². The molecule has 0 radical (unpaired) electrons. The van der Waals surface area contributed by atoms with Gasteiger partial charge < -0.3 is 174 Å². The number of fused-ring (bicyclic) bond motifs is 8. The summed E-state index contributed by atoms with van der Waals surface area (Å²) in [5.41, 5.74) is 8.91. The highest BCUT2D eigenvalue weighted by atomic mass is 16.8. The maximum atomic E-state index is 11.6. The predicted molar refractivity (Wildman–Crippen MR) is 427 cm³/mol. The first-order valence-electron chi connectivity index (χ1n) is 41.1. The quantitative estimate of drug-likeness (QED) is 0.0225. The first kappa shape index (κ1) is 90.7. The Labute approximate surface area is 698 Å². The Kier molecular flexibility index (Phi) is 30.0. The van der Waals surface area contributed by atoms with Crippen LogP contribution in [0.5, 0.6) is 17.2 Å². The largest absolute Gasteiger partial charge is 0.462 e. The van der Waals surface area contributed by atoms with Crippen LogP contribution in [0.1, 0.15) is 93.1 Å². The summed E-state index contributed by atoms with van der Waals surface area (Å²) in [5.74, 6) is 0.380. The van der Waals surface area contributed by atoms with Gasteiger partial charge in [-0.1, -0.05) is 94.7 Å². The highest BCUT2D eigenvalue weighted by Gasteiger charge is 2.55. The normalized spacial score (nSPS) is 34.8. The molecule has 8 bridgehead atoms. The number of aromatic amines is 2. The zero-order chi connectivity index (χ0) is 86.5. The molecule has 3 aromatic carbocycles. The van der Waals surface area contributed by atoms with Crippen molar-refractivity contribution in [3.63, 3.8) is 0 Å². The van der Waals surface area contributed by atoms with Crippen LogP contribution >= 0.6 is 0 Å². The maximum Gasteiger partial charge on any atom is 0.229 e. The topological polar surface area (TPSA) is 593 Å². The number of benzene rings is 3. The van der Waals surface area contributed by atoms with Crippen molar-refractivity contribution in [3.05, 3.63) is 125 Å². The Balaban J connectivity index is 0.827. The van der Waals surface area contributed by atoms with Crippen molar-refractivity contribution in [1.29, 1.82) is 0 Å². The number of aromatic nitrogens is 4. The van der Waals surface area contributed by atoms with Crippen LogP contribution in [-0.4, -0.2) is 351 Å². The summed E-state index contributed by atoms with van der Waals surface area (Å²) in [5, 5.41) is 225. The fraction of sp³-hybridized carbons (Fsp3) is 0.553. The van der Waals surface area contributed by atoms with E-state index in [2.05, 4.69) is 16.9 Å². The molecule has 666 valence electrons. The van der Waals surface area contributed by atoms with E-state index in [4.69, 9.17) is 66.8 Å². The van der Waals surface area contributed by atoms with Crippen molar-refractivity contribution >= 4 is 46.4 Å². The number of hydrogen-bond donors (Lipinski definition) is 23. The van der Waals surface area contributed by atoms with E-state index in [1.165, 1.54) is 19.3 Å². The van der Waals surface area contributed by atoms with E-state index in [1.807, 2.05) is 48.6 Å². The standard InChI is InChI=1S/C85H108N4O33/c1-2-3-4-5-6-7-8-9-10-11-44-45-24-26-47(86-45)59(38-12-18-41(19-13-38)111-80-74(108)68(102)77(56(35-93)117-80)120-83-71(105)65(99)62(96)53(32-90)114-83)49-28-30-51(88-49)61(40-16-22-43(23-17-40)113-82-76(110)70(104)79(58(37-95)119-82)122-85-73(107)67(101)64(98)55(34-92)116-85)52-31-29-50(89-52)60(48-27-25-46(44)87-48)39-14-20-42(21-15-39)112-81-75(109)69(103)78(57(36-94)118-81)121-84-72(106)66(100)63(97)54(33-91)115-84/h12-31,53-58,62-86,89-110H,2-11,32-37H2,1H3/t53-,54-,55-,56-,57-,58-,62-,63-,64-,65+,66+,67+,68-,69-,70-,71-,72-,73-,74-,75-,76-,77-,78-,79-,80-,81-,82-,83-,84-,85-/m1/s1. The molecular weight excluding hydrogens is 1600 g/mol. The van der Waals surface area contributed by atoms with Crippen LogP contribution in [0.4, 0.5) is 0 Å². The average Bonchev–Trinajstić information content (AvgIpc) is 1.35. The third-order valence-electron chi connectivity index (χ3n) is 23.5. The molecule has 6 fully saturated rings. The first-order chi connectivity index (χ1) is 58.9. The number of aryl methyl sites for hydroxylation is 1. The van der Waals surface area contributed by atoms with E-state index in [0.29, 0.717) is 79.1 Å². The Morgan fingerprint density at radius 2 is 0.541 bits per heavy atom. The van der Waals surface area contributed by atoms with Gasteiger partial charge in [-0.3, -0.25) is 0 Å². The highest BCUT2D eigenvalue weighted by molar-refractivity contribution is 5.98. The van der Waals surface area contributed by atoms with Crippen LogP contribution in [-0.2, 0) is 49.1 Å². The zero-order valence-electron chi connectivity index (χ0n) is 66.4. The molecule has 3 aromatic heterocycles. The molecule has 30 atom stereocenters. The van der Waals surface area contributed by atoms with Crippen molar-refractivity contribution < 1.29 is 164 Å². The van der Waals surface area contributed by atoms with Gasteiger partial charge >= 0.3 is 0 Å². The molecule has 0 amide bonds. The Morgan fingerprint density at radius 3 is 0.852 bits per heavy atom. The zero-order valence-corrected chi connectivity index (χ0v) is 66.4. The lowest BCUT2D eigenvalue weighted by atomic mass is 9.97. The molecule has 0 saturated carbocycles. The summed E-state index contributed by atoms with van der Waals surface area (Å²) >= 11 is 0. The number of nitrogens with zero attached hydrogens (tertiary/aromatic N) is 2. The molecule has 122 heavy (non-hydrogen) atoms. The molecule has 8 aliphatic rings. The Morgan fingerprint density at radius 1 is 0.279 bits per heavy atom. The smallest absolute Gasteiger partial charge is 0.229 e. The SMILES string of the molecule is CCCCCCCCCCCc1c2nc(c(-c3ccc(O[C@@H]4O[C@H](CO)[C@@H](O[C@H]5O[C@H](CO)[C@@H](O)[C@H](O)[C@H]5O)[C@H](O)[C@H]4O)cc3)c3ccc([nH]3)c(-c3ccc(O[C@@H]4O[C@H](CO)[C@@H](O[C@H]5O[C@H](CO)[C@@H](O)[C@H](O)[C@H]5O)[C@H](O)[C@H]4O)cc3)c3nc(c(-c4ccc(O[C@@H]5O[C@H](CO)[C@@H](O[C@H]6O[C@H](CO)[C@@H](O)[C@H](O)[C@H]6O)[C@H](O)[C@H]5O)cc4)c4ccc1[nH]4)C=C3)C=C2. The number of aliphatic hydroxyl groups excluding tert-OH is 21. The summed E-state index contributed by atoms with van der Waals surface area (Å²) in [6.45, 7) is -2.56. The third-order valence-corrected chi connectivity index (χ3v) is 23.5. The van der Waals surface area contributed by atoms with Gasteiger partial charge in [-0.2, -0.15) is 0 Å². The summed E-state index contributed by atoms with van der Waals surface area (Å²) < 4.78 is 70.3. The molecule has 6 aromatic rings. The van der Waals surface area contributed by atoms with Crippen molar-refractivity contribution in [3.8, 4) is 50.6 Å². The molecule has 11 heterocycles. The van der Waals surface area contributed by atoms with Gasteiger partial charge in [0.25, 0.3) is 0 Å². The van der Waals surface area contributed by atoms with Crippen molar-refractivity contribution in [2.24, 2.45) is 0 Å². The van der Waals surface area contributed by atoms with E-state index < -0.39 is 224 Å². The maximum absolute atomic E-state index is 11.6. The van der Waals surface area contributed by atoms with Gasteiger partial charge in [0.15, 0.2) is 18.9 Å². The van der Waals surface area contributed by atoms with Gasteiger partial charge in [0.05, 0.1) is 62.4 Å². The molecule has 8 aliphatic heterocycles. The minimum absolute atomic E-state index is 0.103. The van der Waals surface area contributed by atoms with Gasteiger partial charge in [0, 0.05) is 44.3 Å². The van der Waals surface area contributed by atoms with E-state index in [1.54, 1.807) is 72.8 Å². The van der Waals surface area contributed by atoms with Gasteiger partial charge in [-0.15, -0.1) is 0 Å². The number of ether oxygens (including phenoxy) is 12. The molecular formula is C85H108N4O33. The second-order valence-corrected chi connectivity index (χ2v) is 31.6. The first-order valence-corrected chi connectivity index (χ1v) is 41.1. The monoisotopic (exact) mass is 1710 g/mol. The summed E-state index contributed by atoms with van der Waals surface area (Å²) in [6.07, 6.45) is -33.0. The average molecular weight is 1710 g/mol. The lowest BCUT2D eigenvalue weighted by molar-refractivity contribution is -0.352. The van der Waals surface area contributed by atoms with Gasteiger partial charge in [-0.25, -0.2) is 9.97 Å². The Hall–Kier alpha value is -7.54. The molecule has 14 rings (SSSR count). The molecule has 0 spiro atoms. The number of nitrogens with one attached hydrogen (secondary N) is 2. The van der Waals surface area contributed by atoms with Crippen LogP contribution in [0, 0.1) is 0 Å². The number of unbranched alkanes of at least 4 members (excludes halogenated alkanes) is 8. The minimum Gasteiger partial charge on any atom is -0.462 e. The van der Waals surface area contributed by atoms with E-state index in [9.17, 15) is 107 Å². The lowest BCUT2D eigenvalue weighted by Crippen LogP contribution is -2.65. The highest BCUT2D eigenvalue weighted by Crippen LogP contribution is 2.42. The molecule has 37 heteroatoms. The van der Waals surface area contributed by atoms with E-state index in [0.717, 1.165) is 49.6 Å². The predicted octanol–water partition coefficient (Wildman–Crippen LogP) is -1.26. The summed E-state index contributed by atoms with van der Waals surface area (Å²) in [6, 6.07) is 27.6. The van der Waals surface area contributed by atoms with Crippen molar-refractivity contribution in [1.82, 2.24) is 19.9 Å². The Bertz CT molecular complexity index is 4530. The number of hydrogen-bond acceptors (Lipinski definition) is 35. The van der Waals surface area contributed by atoms with Crippen molar-refractivity contribution in [2.75, 3.05) is 39.6 Å². The fourth-order valence-electron chi connectivity index (χ4n) is 16.5. The summed E-state index contributed by atoms with van der Waals surface area (Å²) in [4.78, 5) is 18.3. The molecule has 23 N–H and O–H groups in total. The van der Waals surface area contributed by atoms with Crippen LogP contribution in [0.25, 0.3) is 79.8 Å².